The van der Waals surface area contributed by atoms with Gasteiger partial charge in [-0.15, -0.1) is 11.3 Å². The Kier molecular flexibility index (Phi) is 4.54. The molecule has 0 radical (unpaired) electrons. The van der Waals surface area contributed by atoms with Gasteiger partial charge in [-0.2, -0.15) is 0 Å². The highest BCUT2D eigenvalue weighted by Crippen LogP contribution is 2.32. The van der Waals surface area contributed by atoms with E-state index in [1.165, 1.54) is 4.88 Å². The van der Waals surface area contributed by atoms with Crippen molar-refractivity contribution in [3.05, 3.63) is 16.1 Å². The third-order valence-electron chi connectivity index (χ3n) is 3.73. The van der Waals surface area contributed by atoms with E-state index >= 15 is 0 Å². The molecule has 1 saturated heterocycles. The van der Waals surface area contributed by atoms with Crippen LogP contribution < -0.4 is 0 Å². The fourth-order valence-electron chi connectivity index (χ4n) is 2.50. The van der Waals surface area contributed by atoms with Crippen molar-refractivity contribution in [2.75, 3.05) is 26.8 Å². The number of aliphatic carboxylic acids is 1. The van der Waals surface area contributed by atoms with Crippen LogP contribution in [0.25, 0.3) is 0 Å². The largest absolute Gasteiger partial charge is 0.481 e. The maximum absolute atomic E-state index is 11.6. The first kappa shape index (κ1) is 14.4. The lowest BCUT2D eigenvalue weighted by Gasteiger charge is -2.36. The summed E-state index contributed by atoms with van der Waals surface area (Å²) in [6, 6.07) is 0. The second-order valence-corrected chi connectivity index (χ2v) is 6.17. The molecule has 1 aromatic heterocycles. The lowest BCUT2D eigenvalue weighted by molar-refractivity contribution is -0.156. The standard InChI is InChI=1S/C13H20N2O3S/c1-10-11(19-9-14-10)7-15(2)8-13(12(16)17)3-5-18-6-4-13/h9H,3-8H2,1-2H3,(H,16,17). The second-order valence-electron chi connectivity index (χ2n) is 5.23. The summed E-state index contributed by atoms with van der Waals surface area (Å²) in [7, 11) is 1.97. The molecule has 0 amide bonds. The molecule has 0 aliphatic carbocycles. The average Bonchev–Trinajstić information content (AvgIpc) is 2.76. The van der Waals surface area contributed by atoms with Crippen LogP contribution in [-0.2, 0) is 16.1 Å². The van der Waals surface area contributed by atoms with Gasteiger partial charge in [-0.05, 0) is 26.8 Å². The van der Waals surface area contributed by atoms with Crippen molar-refractivity contribution in [1.29, 1.82) is 0 Å². The summed E-state index contributed by atoms with van der Waals surface area (Å²) in [5, 5.41) is 9.53. The molecule has 1 N–H and O–H groups in total. The number of hydrogen-bond donors (Lipinski definition) is 1. The van der Waals surface area contributed by atoms with Gasteiger partial charge in [0, 0.05) is 31.2 Å². The van der Waals surface area contributed by atoms with Gasteiger partial charge in [0.1, 0.15) is 0 Å². The summed E-state index contributed by atoms with van der Waals surface area (Å²) in [5.74, 6) is -0.705. The third kappa shape index (κ3) is 3.32. The molecule has 1 aliphatic rings. The van der Waals surface area contributed by atoms with Crippen LogP contribution in [0, 0.1) is 12.3 Å². The summed E-state index contributed by atoms with van der Waals surface area (Å²) >= 11 is 1.62. The summed E-state index contributed by atoms with van der Waals surface area (Å²) in [5.41, 5.74) is 2.21. The zero-order valence-electron chi connectivity index (χ0n) is 11.4. The van der Waals surface area contributed by atoms with Crippen LogP contribution in [0.1, 0.15) is 23.4 Å². The number of hydrogen-bond acceptors (Lipinski definition) is 5. The Labute approximate surface area is 117 Å². The van der Waals surface area contributed by atoms with Crippen LogP contribution in [0.15, 0.2) is 5.51 Å². The fraction of sp³-hybridized carbons (Fsp3) is 0.692. The monoisotopic (exact) mass is 284 g/mol. The van der Waals surface area contributed by atoms with Gasteiger partial charge in [-0.3, -0.25) is 4.79 Å². The highest BCUT2D eigenvalue weighted by atomic mass is 32.1. The zero-order chi connectivity index (χ0) is 13.9. The minimum absolute atomic E-state index is 0.541. The Hall–Kier alpha value is -0.980. The predicted molar refractivity (Wildman–Crippen MR) is 73.3 cm³/mol. The second kappa shape index (κ2) is 5.98. The van der Waals surface area contributed by atoms with E-state index in [0.717, 1.165) is 12.2 Å². The van der Waals surface area contributed by atoms with Gasteiger partial charge >= 0.3 is 5.97 Å². The number of carboxylic acids is 1. The highest BCUT2D eigenvalue weighted by Gasteiger charge is 2.41. The van der Waals surface area contributed by atoms with Gasteiger partial charge in [-0.25, -0.2) is 4.98 Å². The molecule has 1 fully saturated rings. The number of aryl methyl sites for hydroxylation is 1. The first-order valence-electron chi connectivity index (χ1n) is 6.42. The number of rotatable bonds is 5. The van der Waals surface area contributed by atoms with Gasteiger partial charge < -0.3 is 14.7 Å². The van der Waals surface area contributed by atoms with Crippen molar-refractivity contribution in [3.63, 3.8) is 0 Å². The Morgan fingerprint density at radius 3 is 2.79 bits per heavy atom. The summed E-state index contributed by atoms with van der Waals surface area (Å²) < 4.78 is 5.29. The van der Waals surface area contributed by atoms with Gasteiger partial charge in [0.15, 0.2) is 0 Å². The van der Waals surface area contributed by atoms with E-state index in [-0.39, 0.29) is 0 Å². The van der Waals surface area contributed by atoms with Crippen LogP contribution in [0.2, 0.25) is 0 Å². The molecule has 0 unspecified atom stereocenters. The molecule has 6 heteroatoms. The molecule has 0 aromatic carbocycles. The maximum atomic E-state index is 11.6. The number of aromatic nitrogens is 1. The zero-order valence-corrected chi connectivity index (χ0v) is 12.2. The fourth-order valence-corrected chi connectivity index (χ4v) is 3.35. The van der Waals surface area contributed by atoms with Gasteiger partial charge in [0.2, 0.25) is 0 Å². The van der Waals surface area contributed by atoms with Crippen molar-refractivity contribution < 1.29 is 14.6 Å². The van der Waals surface area contributed by atoms with E-state index in [0.29, 0.717) is 32.6 Å². The number of carboxylic acid groups (broad SMARTS) is 1. The Balaban J connectivity index is 2.01. The molecular formula is C13H20N2O3S. The van der Waals surface area contributed by atoms with E-state index in [1.807, 2.05) is 19.5 Å². The molecule has 0 bridgehead atoms. The van der Waals surface area contributed by atoms with Gasteiger partial charge in [-0.1, -0.05) is 0 Å². The average molecular weight is 284 g/mol. The number of ether oxygens (including phenoxy) is 1. The van der Waals surface area contributed by atoms with Crippen LogP contribution >= 0.6 is 11.3 Å². The predicted octanol–water partition coefficient (Wildman–Crippen LogP) is 1.76. The van der Waals surface area contributed by atoms with Crippen molar-refractivity contribution in [1.82, 2.24) is 9.88 Å². The number of carbonyl (C=O) groups is 1. The first-order chi connectivity index (χ1) is 9.03. The van der Waals surface area contributed by atoms with E-state index < -0.39 is 11.4 Å². The Morgan fingerprint density at radius 2 is 2.26 bits per heavy atom. The van der Waals surface area contributed by atoms with E-state index in [4.69, 9.17) is 4.74 Å². The van der Waals surface area contributed by atoms with Gasteiger partial charge in [0.25, 0.3) is 0 Å². The molecule has 1 aromatic rings. The minimum Gasteiger partial charge on any atom is -0.481 e. The van der Waals surface area contributed by atoms with Crippen molar-refractivity contribution in [2.45, 2.75) is 26.3 Å². The Bertz CT molecular complexity index is 441. The molecule has 1 aliphatic heterocycles. The molecule has 2 heterocycles. The number of thiazole rings is 1. The normalized spacial score (nSPS) is 18.7. The van der Waals surface area contributed by atoms with E-state index in [1.54, 1.807) is 11.3 Å². The SMILES string of the molecule is Cc1ncsc1CN(C)CC1(C(=O)O)CCOCC1. The van der Waals surface area contributed by atoms with Crippen LogP contribution in [0.3, 0.4) is 0 Å². The van der Waals surface area contributed by atoms with Crippen LogP contribution in [0.5, 0.6) is 0 Å². The van der Waals surface area contributed by atoms with E-state index in [2.05, 4.69) is 9.88 Å². The number of nitrogens with zero attached hydrogens (tertiary/aromatic N) is 2. The quantitative estimate of drug-likeness (QED) is 0.892. The molecule has 19 heavy (non-hydrogen) atoms. The molecule has 5 nitrogen and oxygen atoms in total. The van der Waals surface area contributed by atoms with E-state index in [9.17, 15) is 9.90 Å². The van der Waals surface area contributed by atoms with Gasteiger partial charge in [0.05, 0.1) is 16.6 Å². The van der Waals surface area contributed by atoms with Crippen molar-refractivity contribution in [3.8, 4) is 0 Å². The molecule has 0 atom stereocenters. The Morgan fingerprint density at radius 1 is 1.58 bits per heavy atom. The van der Waals surface area contributed by atoms with Crippen molar-refractivity contribution in [2.24, 2.45) is 5.41 Å². The topological polar surface area (TPSA) is 62.7 Å². The van der Waals surface area contributed by atoms with Crippen LogP contribution in [-0.4, -0.2) is 47.8 Å². The van der Waals surface area contributed by atoms with Crippen molar-refractivity contribution >= 4 is 17.3 Å². The maximum Gasteiger partial charge on any atom is 0.311 e. The molecule has 2 rings (SSSR count). The third-order valence-corrected chi connectivity index (χ3v) is 4.65. The first-order valence-corrected chi connectivity index (χ1v) is 7.30. The molecule has 0 spiro atoms. The lowest BCUT2D eigenvalue weighted by atomic mass is 9.80. The summed E-state index contributed by atoms with van der Waals surface area (Å²) in [6.45, 7) is 4.38. The van der Waals surface area contributed by atoms with Crippen LogP contribution in [0.4, 0.5) is 0 Å². The summed E-state index contributed by atoms with van der Waals surface area (Å²) in [4.78, 5) is 19.1. The molecular weight excluding hydrogens is 264 g/mol. The highest BCUT2D eigenvalue weighted by molar-refractivity contribution is 7.09. The lowest BCUT2D eigenvalue weighted by Crippen LogP contribution is -2.45. The smallest absolute Gasteiger partial charge is 0.311 e. The summed E-state index contributed by atoms with van der Waals surface area (Å²) in [6.07, 6.45) is 1.18. The minimum atomic E-state index is -0.705. The molecule has 0 saturated carbocycles. The molecule has 106 valence electrons.